The predicted molar refractivity (Wildman–Crippen MR) is 76.8 cm³/mol. The fourth-order valence-corrected chi connectivity index (χ4v) is 5.05. The normalized spacial score (nSPS) is 26.3. The highest BCUT2D eigenvalue weighted by atomic mass is 32.2. The highest BCUT2D eigenvalue weighted by molar-refractivity contribution is 7.91. The lowest BCUT2D eigenvalue weighted by atomic mass is 10.1. The van der Waals surface area contributed by atoms with Crippen molar-refractivity contribution < 1.29 is 8.42 Å². The number of hydrogen-bond donors (Lipinski definition) is 1. The van der Waals surface area contributed by atoms with Gasteiger partial charge < -0.3 is 5.32 Å². The molecule has 1 heterocycles. The van der Waals surface area contributed by atoms with Crippen LogP contribution < -0.4 is 5.32 Å². The summed E-state index contributed by atoms with van der Waals surface area (Å²) in [6.45, 7) is 2.14. The third-order valence-corrected chi connectivity index (χ3v) is 6.36. The van der Waals surface area contributed by atoms with E-state index in [0.29, 0.717) is 0 Å². The molecule has 0 amide bonds. The van der Waals surface area contributed by atoms with Gasteiger partial charge in [0.05, 0.1) is 5.25 Å². The molecule has 2 rings (SSSR count). The average Bonchev–Trinajstić information content (AvgIpc) is 2.95. The molecule has 1 fully saturated rings. The van der Waals surface area contributed by atoms with Crippen LogP contribution in [0, 0.1) is 0 Å². The molecule has 1 aliphatic rings. The van der Waals surface area contributed by atoms with Crippen molar-refractivity contribution >= 4 is 21.2 Å². The summed E-state index contributed by atoms with van der Waals surface area (Å²) in [5.74, 6) is 0. The van der Waals surface area contributed by atoms with Crippen molar-refractivity contribution in [2.75, 3.05) is 6.26 Å². The van der Waals surface area contributed by atoms with Gasteiger partial charge in [0, 0.05) is 23.2 Å². The van der Waals surface area contributed by atoms with Crippen LogP contribution in [0.4, 0.5) is 0 Å². The maximum Gasteiger partial charge on any atom is 0.151 e. The lowest BCUT2D eigenvalue weighted by Crippen LogP contribution is -2.41. The summed E-state index contributed by atoms with van der Waals surface area (Å²) in [5, 5.41) is 5.43. The largest absolute Gasteiger partial charge is 0.305 e. The minimum atomic E-state index is -2.93. The summed E-state index contributed by atoms with van der Waals surface area (Å²) in [4.78, 5) is 1.30. The molecule has 18 heavy (non-hydrogen) atoms. The predicted octanol–water partition coefficient (Wildman–Crippen LogP) is 2.75. The van der Waals surface area contributed by atoms with E-state index in [0.717, 1.165) is 25.7 Å². The molecule has 0 aromatic carbocycles. The molecular weight excluding hydrogens is 266 g/mol. The first-order valence-corrected chi connectivity index (χ1v) is 9.34. The van der Waals surface area contributed by atoms with Gasteiger partial charge in [0.1, 0.15) is 0 Å². The van der Waals surface area contributed by atoms with Crippen molar-refractivity contribution in [3.05, 3.63) is 22.4 Å². The van der Waals surface area contributed by atoms with Crippen LogP contribution in [0.1, 0.15) is 43.5 Å². The Balaban J connectivity index is 2.08. The summed E-state index contributed by atoms with van der Waals surface area (Å²) in [5.41, 5.74) is 0. The Hall–Kier alpha value is -0.390. The lowest BCUT2D eigenvalue weighted by Gasteiger charge is -2.25. The summed E-state index contributed by atoms with van der Waals surface area (Å²) in [6.07, 6.45) is 5.14. The van der Waals surface area contributed by atoms with E-state index >= 15 is 0 Å². The van der Waals surface area contributed by atoms with Crippen molar-refractivity contribution in [3.63, 3.8) is 0 Å². The van der Waals surface area contributed by atoms with Gasteiger partial charge in [-0.3, -0.25) is 0 Å². The second-order valence-corrected chi connectivity index (χ2v) is 8.29. The van der Waals surface area contributed by atoms with E-state index in [4.69, 9.17) is 0 Å². The molecule has 1 aromatic heterocycles. The number of rotatable bonds is 5. The highest BCUT2D eigenvalue weighted by Gasteiger charge is 2.35. The molecule has 0 spiro atoms. The third kappa shape index (κ3) is 3.13. The molecular formula is C13H21NO2S2. The van der Waals surface area contributed by atoms with Gasteiger partial charge in [-0.25, -0.2) is 8.42 Å². The topological polar surface area (TPSA) is 46.2 Å². The van der Waals surface area contributed by atoms with Crippen molar-refractivity contribution in [2.45, 2.75) is 49.9 Å². The first-order valence-electron chi connectivity index (χ1n) is 6.50. The maximum absolute atomic E-state index is 11.8. The zero-order chi connectivity index (χ0) is 13.2. The van der Waals surface area contributed by atoms with Crippen LogP contribution in [0.5, 0.6) is 0 Å². The molecule has 1 N–H and O–H groups in total. The molecule has 0 aliphatic heterocycles. The minimum absolute atomic E-state index is 0.118. The minimum Gasteiger partial charge on any atom is -0.305 e. The van der Waals surface area contributed by atoms with E-state index in [2.05, 4.69) is 23.7 Å². The monoisotopic (exact) mass is 287 g/mol. The summed E-state index contributed by atoms with van der Waals surface area (Å²) in [7, 11) is -2.93. The summed E-state index contributed by atoms with van der Waals surface area (Å²) in [6, 6.07) is 4.58. The van der Waals surface area contributed by atoms with Gasteiger partial charge in [-0.05, 0) is 30.7 Å². The molecule has 0 bridgehead atoms. The third-order valence-electron chi connectivity index (χ3n) is 3.71. The van der Waals surface area contributed by atoms with Crippen molar-refractivity contribution in [1.82, 2.24) is 5.32 Å². The molecule has 3 nitrogen and oxygen atoms in total. The van der Waals surface area contributed by atoms with Gasteiger partial charge in [-0.15, -0.1) is 11.3 Å². The zero-order valence-corrected chi connectivity index (χ0v) is 12.6. The Morgan fingerprint density at radius 2 is 2.28 bits per heavy atom. The van der Waals surface area contributed by atoms with Gasteiger partial charge in [-0.2, -0.15) is 0 Å². The van der Waals surface area contributed by atoms with Crippen LogP contribution in [-0.4, -0.2) is 26.0 Å². The van der Waals surface area contributed by atoms with E-state index in [-0.39, 0.29) is 17.3 Å². The van der Waals surface area contributed by atoms with Gasteiger partial charge in [0.2, 0.25) is 0 Å². The second-order valence-electron chi connectivity index (χ2n) is 5.05. The first kappa shape index (κ1) is 14.0. The number of thiophene rings is 1. The Morgan fingerprint density at radius 3 is 2.83 bits per heavy atom. The Kier molecular flexibility index (Phi) is 4.45. The van der Waals surface area contributed by atoms with Crippen LogP contribution in [0.2, 0.25) is 0 Å². The Morgan fingerprint density at radius 1 is 1.50 bits per heavy atom. The van der Waals surface area contributed by atoms with Gasteiger partial charge in [0.25, 0.3) is 0 Å². The maximum atomic E-state index is 11.8. The smallest absolute Gasteiger partial charge is 0.151 e. The van der Waals surface area contributed by atoms with Gasteiger partial charge >= 0.3 is 0 Å². The van der Waals surface area contributed by atoms with Crippen LogP contribution in [-0.2, 0) is 9.84 Å². The van der Waals surface area contributed by atoms with E-state index < -0.39 is 9.84 Å². The second kappa shape index (κ2) is 5.72. The molecule has 1 aliphatic carbocycles. The number of hydrogen-bond acceptors (Lipinski definition) is 4. The molecule has 3 atom stereocenters. The molecule has 3 unspecified atom stereocenters. The van der Waals surface area contributed by atoms with Crippen LogP contribution in [0.25, 0.3) is 0 Å². The SMILES string of the molecule is CCC(NC1CCCC1S(C)(=O)=O)c1cccs1. The molecule has 5 heteroatoms. The fourth-order valence-electron chi connectivity index (χ4n) is 2.78. The first-order chi connectivity index (χ1) is 8.52. The summed E-state index contributed by atoms with van der Waals surface area (Å²) < 4.78 is 23.5. The van der Waals surface area contributed by atoms with Gasteiger partial charge in [0.15, 0.2) is 9.84 Å². The van der Waals surface area contributed by atoms with Crippen molar-refractivity contribution in [1.29, 1.82) is 0 Å². The van der Waals surface area contributed by atoms with E-state index in [1.165, 1.54) is 11.1 Å². The van der Waals surface area contributed by atoms with Crippen molar-refractivity contribution in [2.24, 2.45) is 0 Å². The van der Waals surface area contributed by atoms with Crippen LogP contribution in [0.3, 0.4) is 0 Å². The van der Waals surface area contributed by atoms with E-state index in [1.54, 1.807) is 11.3 Å². The standard InChI is InChI=1S/C13H21NO2S2/c1-3-10(12-7-5-9-17-12)14-11-6-4-8-13(11)18(2,15)16/h5,7,9-11,13-14H,3-4,6,8H2,1-2H3. The summed E-state index contributed by atoms with van der Waals surface area (Å²) >= 11 is 1.74. The molecule has 102 valence electrons. The average molecular weight is 287 g/mol. The van der Waals surface area contributed by atoms with Crippen LogP contribution in [0.15, 0.2) is 17.5 Å². The highest BCUT2D eigenvalue weighted by Crippen LogP contribution is 2.29. The molecule has 1 aromatic rings. The molecule has 1 saturated carbocycles. The van der Waals surface area contributed by atoms with E-state index in [1.807, 2.05) is 6.07 Å². The number of sulfone groups is 1. The fraction of sp³-hybridized carbons (Fsp3) is 0.692. The van der Waals surface area contributed by atoms with Crippen LogP contribution >= 0.6 is 11.3 Å². The quantitative estimate of drug-likeness (QED) is 0.906. The molecule has 0 saturated heterocycles. The Labute approximate surface area is 114 Å². The van der Waals surface area contributed by atoms with Gasteiger partial charge in [-0.1, -0.05) is 19.4 Å². The van der Waals surface area contributed by atoms with Crippen molar-refractivity contribution in [3.8, 4) is 0 Å². The zero-order valence-electron chi connectivity index (χ0n) is 10.9. The number of nitrogens with one attached hydrogen (secondary N) is 1. The Bertz CT molecular complexity index is 467. The lowest BCUT2D eigenvalue weighted by molar-refractivity contribution is 0.432. The molecule has 0 radical (unpaired) electrons. The van der Waals surface area contributed by atoms with E-state index in [9.17, 15) is 8.42 Å².